The van der Waals surface area contributed by atoms with Gasteiger partial charge in [-0.1, -0.05) is 11.6 Å². The number of likely N-dealkylation sites (tertiary alicyclic amines) is 1. The van der Waals surface area contributed by atoms with Crippen molar-refractivity contribution in [3.8, 4) is 0 Å². The van der Waals surface area contributed by atoms with E-state index >= 15 is 0 Å². The normalized spacial score (nSPS) is 30.6. The number of aromatic nitrogens is 1. The molecule has 138 valence electrons. The van der Waals surface area contributed by atoms with Gasteiger partial charge in [0.15, 0.2) is 0 Å². The lowest BCUT2D eigenvalue weighted by Crippen LogP contribution is -2.48. The van der Waals surface area contributed by atoms with E-state index in [-0.39, 0.29) is 36.6 Å². The number of halogens is 1. The predicted octanol–water partition coefficient (Wildman–Crippen LogP) is 1.52. The van der Waals surface area contributed by atoms with Crippen molar-refractivity contribution in [1.29, 1.82) is 0 Å². The number of ether oxygens (including phenoxy) is 1. The van der Waals surface area contributed by atoms with E-state index in [1.165, 1.54) is 6.20 Å². The van der Waals surface area contributed by atoms with Crippen LogP contribution in [0.5, 0.6) is 0 Å². The summed E-state index contributed by atoms with van der Waals surface area (Å²) in [6.07, 6.45) is 3.49. The maximum atomic E-state index is 12.7. The van der Waals surface area contributed by atoms with Gasteiger partial charge in [0, 0.05) is 57.6 Å². The average molecular weight is 368 g/mol. The highest BCUT2D eigenvalue weighted by Crippen LogP contribution is 2.27. The van der Waals surface area contributed by atoms with Crippen LogP contribution < -0.4 is 0 Å². The first-order chi connectivity index (χ1) is 12.0. The molecule has 2 aliphatic rings. The van der Waals surface area contributed by atoms with Gasteiger partial charge < -0.3 is 14.7 Å². The number of amides is 1. The van der Waals surface area contributed by atoms with Gasteiger partial charge in [-0.25, -0.2) is 0 Å². The van der Waals surface area contributed by atoms with Crippen molar-refractivity contribution in [1.82, 2.24) is 14.8 Å². The summed E-state index contributed by atoms with van der Waals surface area (Å²) in [6, 6.07) is 1.64. The molecule has 6 nitrogen and oxygen atoms in total. The second kappa shape index (κ2) is 7.99. The maximum Gasteiger partial charge on any atom is 0.255 e. The number of pyridine rings is 1. The van der Waals surface area contributed by atoms with E-state index in [2.05, 4.69) is 23.7 Å². The van der Waals surface area contributed by atoms with Gasteiger partial charge in [-0.3, -0.25) is 14.7 Å². The molecule has 25 heavy (non-hydrogen) atoms. The third-order valence-corrected chi connectivity index (χ3v) is 5.24. The smallest absolute Gasteiger partial charge is 0.255 e. The second-order valence-corrected chi connectivity index (χ2v) is 7.72. The largest absolute Gasteiger partial charge is 0.396 e. The van der Waals surface area contributed by atoms with Crippen molar-refractivity contribution in [2.45, 2.75) is 26.1 Å². The lowest BCUT2D eigenvalue weighted by atomic mass is 9.96. The Labute approximate surface area is 153 Å². The molecule has 0 bridgehead atoms. The van der Waals surface area contributed by atoms with Crippen LogP contribution in [0.1, 0.15) is 24.2 Å². The summed E-state index contributed by atoms with van der Waals surface area (Å²) in [5.41, 5.74) is 0.499. The summed E-state index contributed by atoms with van der Waals surface area (Å²) < 4.78 is 5.79. The van der Waals surface area contributed by atoms with Gasteiger partial charge in [0.2, 0.25) is 0 Å². The van der Waals surface area contributed by atoms with Crippen LogP contribution in [0.15, 0.2) is 18.5 Å². The number of nitrogens with zero attached hydrogens (tertiary/aromatic N) is 3. The summed E-state index contributed by atoms with van der Waals surface area (Å²) in [7, 11) is 0. The number of morpholine rings is 1. The quantitative estimate of drug-likeness (QED) is 0.874. The van der Waals surface area contributed by atoms with E-state index in [1.807, 2.05) is 4.90 Å². The molecular weight excluding hydrogens is 342 g/mol. The van der Waals surface area contributed by atoms with Crippen LogP contribution in [0.2, 0.25) is 5.02 Å². The van der Waals surface area contributed by atoms with Gasteiger partial charge in [0.05, 0.1) is 22.8 Å². The lowest BCUT2D eigenvalue weighted by Gasteiger charge is -2.37. The minimum atomic E-state index is -0.0698. The topological polar surface area (TPSA) is 65.9 Å². The Kier molecular flexibility index (Phi) is 5.94. The molecule has 1 aromatic rings. The first-order valence-electron chi connectivity index (χ1n) is 8.84. The fraction of sp³-hybridized carbons (Fsp3) is 0.667. The highest BCUT2D eigenvalue weighted by Gasteiger charge is 2.37. The van der Waals surface area contributed by atoms with Crippen LogP contribution in [-0.2, 0) is 4.74 Å². The van der Waals surface area contributed by atoms with Crippen LogP contribution in [0.3, 0.4) is 0 Å². The highest BCUT2D eigenvalue weighted by atomic mass is 35.5. The van der Waals surface area contributed by atoms with E-state index in [0.717, 1.165) is 19.6 Å². The molecule has 0 aromatic carbocycles. The Morgan fingerprint density at radius 1 is 1.24 bits per heavy atom. The fourth-order valence-corrected chi connectivity index (χ4v) is 4.17. The second-order valence-electron chi connectivity index (χ2n) is 7.28. The summed E-state index contributed by atoms with van der Waals surface area (Å²) in [6.45, 7) is 8.15. The van der Waals surface area contributed by atoms with Gasteiger partial charge in [0.25, 0.3) is 5.91 Å². The predicted molar refractivity (Wildman–Crippen MR) is 95.7 cm³/mol. The van der Waals surface area contributed by atoms with Crippen molar-refractivity contribution >= 4 is 17.5 Å². The summed E-state index contributed by atoms with van der Waals surface area (Å²) in [5, 5.41) is 10.2. The van der Waals surface area contributed by atoms with Gasteiger partial charge in [-0.15, -0.1) is 0 Å². The molecule has 2 fully saturated rings. The van der Waals surface area contributed by atoms with Crippen molar-refractivity contribution in [2.75, 3.05) is 39.3 Å². The van der Waals surface area contributed by atoms with Gasteiger partial charge in [-0.2, -0.15) is 0 Å². The fourth-order valence-electron chi connectivity index (χ4n) is 3.99. The first kappa shape index (κ1) is 18.6. The maximum absolute atomic E-state index is 12.7. The highest BCUT2D eigenvalue weighted by molar-refractivity contribution is 6.30. The number of hydrogen-bond acceptors (Lipinski definition) is 5. The van der Waals surface area contributed by atoms with Crippen LogP contribution >= 0.6 is 11.6 Å². The SMILES string of the molecule is C[C@@H]1CN(C[C@@H]2CN(C(=O)c3cncc(Cl)c3)C[C@@H]2CO)C[C@H](C)O1. The van der Waals surface area contributed by atoms with E-state index in [0.29, 0.717) is 23.7 Å². The molecule has 1 amide bonds. The molecule has 0 unspecified atom stereocenters. The zero-order valence-corrected chi connectivity index (χ0v) is 15.5. The Bertz CT molecular complexity index is 605. The molecule has 0 saturated carbocycles. The van der Waals surface area contributed by atoms with E-state index in [4.69, 9.17) is 16.3 Å². The molecule has 2 aliphatic heterocycles. The average Bonchev–Trinajstić information content (AvgIpc) is 2.96. The Morgan fingerprint density at radius 2 is 1.92 bits per heavy atom. The minimum absolute atomic E-state index is 0.0698. The Hall–Kier alpha value is -1.21. The standard InChI is InChI=1S/C18H26ClN3O3/c1-12-6-21(7-13(2)25-12)8-15-9-22(10-16(15)11-23)18(24)14-3-17(19)5-20-4-14/h3-5,12-13,15-16,23H,6-11H2,1-2H3/t12-,13+,15-,16-/m1/s1. The number of rotatable bonds is 4. The molecular formula is C18H26ClN3O3. The number of hydrogen-bond donors (Lipinski definition) is 1. The molecule has 1 aromatic heterocycles. The molecule has 7 heteroatoms. The molecule has 0 aliphatic carbocycles. The van der Waals surface area contributed by atoms with Crippen LogP contribution in [-0.4, -0.2) is 77.3 Å². The molecule has 1 N–H and O–H groups in total. The van der Waals surface area contributed by atoms with Crippen LogP contribution in [0, 0.1) is 11.8 Å². The van der Waals surface area contributed by atoms with Crippen LogP contribution in [0.4, 0.5) is 0 Å². The Morgan fingerprint density at radius 3 is 2.56 bits per heavy atom. The summed E-state index contributed by atoms with van der Waals surface area (Å²) in [4.78, 5) is 20.9. The van der Waals surface area contributed by atoms with Crippen LogP contribution in [0.25, 0.3) is 0 Å². The number of aliphatic hydroxyl groups is 1. The first-order valence-corrected chi connectivity index (χ1v) is 9.22. The minimum Gasteiger partial charge on any atom is -0.396 e. The Balaban J connectivity index is 1.65. The van der Waals surface area contributed by atoms with Crippen molar-refractivity contribution in [2.24, 2.45) is 11.8 Å². The van der Waals surface area contributed by atoms with Crippen molar-refractivity contribution in [3.63, 3.8) is 0 Å². The summed E-state index contributed by atoms with van der Waals surface area (Å²) in [5.74, 6) is 0.294. The monoisotopic (exact) mass is 367 g/mol. The molecule has 0 spiro atoms. The van der Waals surface area contributed by atoms with E-state index in [1.54, 1.807) is 12.3 Å². The number of aliphatic hydroxyl groups excluding tert-OH is 1. The van der Waals surface area contributed by atoms with E-state index < -0.39 is 0 Å². The van der Waals surface area contributed by atoms with Crippen molar-refractivity contribution < 1.29 is 14.6 Å². The molecule has 3 rings (SSSR count). The molecule has 0 radical (unpaired) electrons. The van der Waals surface area contributed by atoms with Gasteiger partial charge in [0.1, 0.15) is 0 Å². The molecule has 3 heterocycles. The third-order valence-electron chi connectivity index (χ3n) is 5.04. The number of carbonyl (C=O) groups excluding carboxylic acids is 1. The zero-order valence-electron chi connectivity index (χ0n) is 14.8. The summed E-state index contributed by atoms with van der Waals surface area (Å²) >= 11 is 5.94. The van der Waals surface area contributed by atoms with Gasteiger partial charge in [-0.05, 0) is 25.8 Å². The molecule has 4 atom stereocenters. The van der Waals surface area contributed by atoms with E-state index in [9.17, 15) is 9.90 Å². The van der Waals surface area contributed by atoms with Gasteiger partial charge >= 0.3 is 0 Å². The third kappa shape index (κ3) is 4.50. The van der Waals surface area contributed by atoms with Crippen molar-refractivity contribution in [3.05, 3.63) is 29.0 Å². The zero-order chi connectivity index (χ0) is 18.0. The lowest BCUT2D eigenvalue weighted by molar-refractivity contribution is -0.0726. The molecule has 2 saturated heterocycles. The number of carbonyl (C=O) groups is 1.